The monoisotopic (exact) mass is 362 g/mol. The van der Waals surface area contributed by atoms with Gasteiger partial charge in [0.25, 0.3) is 0 Å². The van der Waals surface area contributed by atoms with Crippen LogP contribution < -0.4 is 10.2 Å². The van der Waals surface area contributed by atoms with E-state index in [0.717, 1.165) is 47.5 Å². The van der Waals surface area contributed by atoms with E-state index in [1.54, 1.807) is 11.3 Å². The van der Waals surface area contributed by atoms with Crippen molar-refractivity contribution in [3.8, 4) is 11.8 Å². The van der Waals surface area contributed by atoms with E-state index in [0.29, 0.717) is 12.6 Å². The first-order valence-electron chi connectivity index (χ1n) is 9.05. The third kappa shape index (κ3) is 5.85. The van der Waals surface area contributed by atoms with E-state index >= 15 is 0 Å². The quantitative estimate of drug-likeness (QED) is 0.603. The highest BCUT2D eigenvalue weighted by atomic mass is 32.1. The number of aliphatic hydroxyl groups excluding tert-OH is 1. The van der Waals surface area contributed by atoms with Gasteiger partial charge < -0.3 is 15.3 Å². The molecule has 0 radical (unpaired) electrons. The highest BCUT2D eigenvalue weighted by Gasteiger charge is 2.27. The number of carbonyl (C=O) groups is 1. The summed E-state index contributed by atoms with van der Waals surface area (Å²) in [7, 11) is 0. The number of carbonyl (C=O) groups excluding carboxylic acids is 1. The van der Waals surface area contributed by atoms with Crippen LogP contribution >= 0.6 is 11.3 Å². The average Bonchev–Trinajstić information content (AvgIpc) is 2.93. The average molecular weight is 363 g/mol. The van der Waals surface area contributed by atoms with Gasteiger partial charge in [0.2, 0.25) is 6.41 Å². The topological polar surface area (TPSA) is 52.6 Å². The lowest BCUT2D eigenvalue weighted by atomic mass is 9.90. The third-order valence-electron chi connectivity index (χ3n) is 4.48. The van der Waals surface area contributed by atoms with Crippen LogP contribution in [-0.4, -0.2) is 36.8 Å². The number of nitrogens with zero attached hydrogens (tertiary/aromatic N) is 1. The van der Waals surface area contributed by atoms with Gasteiger partial charge >= 0.3 is 0 Å². The molecule has 1 amide bonds. The lowest BCUT2D eigenvalue weighted by Crippen LogP contribution is -2.42. The molecule has 1 aliphatic rings. The van der Waals surface area contributed by atoms with Crippen molar-refractivity contribution in [1.82, 2.24) is 5.32 Å². The molecule has 0 spiro atoms. The van der Waals surface area contributed by atoms with E-state index in [2.05, 4.69) is 50.9 Å². The zero-order valence-corrected chi connectivity index (χ0v) is 16.6. The molecule has 1 saturated carbocycles. The summed E-state index contributed by atoms with van der Waals surface area (Å²) in [5.41, 5.74) is 0.979. The molecule has 1 aromatic heterocycles. The number of hydrogen-bond acceptors (Lipinski definition) is 4. The Labute approximate surface area is 155 Å². The van der Waals surface area contributed by atoms with Gasteiger partial charge in [0.05, 0.1) is 17.2 Å². The Balaban J connectivity index is 2.07. The first-order chi connectivity index (χ1) is 11.8. The number of anilines is 1. The fraction of sp³-hybridized carbons (Fsp3) is 0.650. The van der Waals surface area contributed by atoms with Gasteiger partial charge in [-0.2, -0.15) is 0 Å². The molecule has 0 saturated heterocycles. The molecule has 4 nitrogen and oxygen atoms in total. The van der Waals surface area contributed by atoms with Crippen LogP contribution in [0.1, 0.15) is 56.2 Å². The number of amides is 1. The molecule has 0 bridgehead atoms. The molecule has 5 heteroatoms. The summed E-state index contributed by atoms with van der Waals surface area (Å²) in [5.74, 6) is 6.52. The first-order valence-corrected chi connectivity index (χ1v) is 9.87. The SMILES string of the molecule is Cc1sc(C#CC(C)(C)C)cc1N(C=O)C1CCC(NCCO)CC1. The predicted molar refractivity (Wildman–Crippen MR) is 105 cm³/mol. The molecule has 0 aliphatic heterocycles. The minimum atomic E-state index is -0.0254. The van der Waals surface area contributed by atoms with Crippen LogP contribution in [0, 0.1) is 24.2 Å². The zero-order valence-electron chi connectivity index (χ0n) is 15.8. The van der Waals surface area contributed by atoms with E-state index in [4.69, 9.17) is 5.11 Å². The maximum atomic E-state index is 11.8. The van der Waals surface area contributed by atoms with Crippen LogP contribution in [0.3, 0.4) is 0 Å². The second-order valence-electron chi connectivity index (χ2n) is 7.75. The normalized spacial score (nSPS) is 20.7. The van der Waals surface area contributed by atoms with Crippen LogP contribution in [0.25, 0.3) is 0 Å². The Hall–Kier alpha value is -1.35. The fourth-order valence-corrected chi connectivity index (χ4v) is 4.08. The molecule has 1 aromatic rings. The van der Waals surface area contributed by atoms with E-state index in [1.807, 2.05) is 4.90 Å². The Morgan fingerprint density at radius 3 is 2.60 bits per heavy atom. The smallest absolute Gasteiger partial charge is 0.214 e. The molecular weight excluding hydrogens is 332 g/mol. The second kappa shape index (κ2) is 8.84. The lowest BCUT2D eigenvalue weighted by Gasteiger charge is -2.35. The number of nitrogens with one attached hydrogen (secondary N) is 1. The van der Waals surface area contributed by atoms with Crippen molar-refractivity contribution in [2.75, 3.05) is 18.1 Å². The molecule has 0 atom stereocenters. The number of thiophene rings is 1. The summed E-state index contributed by atoms with van der Waals surface area (Å²) in [6.45, 7) is 9.18. The highest BCUT2D eigenvalue weighted by Crippen LogP contribution is 2.33. The van der Waals surface area contributed by atoms with E-state index in [9.17, 15) is 4.79 Å². The minimum absolute atomic E-state index is 0.0254. The third-order valence-corrected chi connectivity index (χ3v) is 5.43. The van der Waals surface area contributed by atoms with Crippen molar-refractivity contribution in [3.05, 3.63) is 15.8 Å². The van der Waals surface area contributed by atoms with E-state index in [1.165, 1.54) is 0 Å². The van der Waals surface area contributed by atoms with E-state index in [-0.39, 0.29) is 18.1 Å². The Morgan fingerprint density at radius 2 is 2.04 bits per heavy atom. The summed E-state index contributed by atoms with van der Waals surface area (Å²) >= 11 is 1.66. The van der Waals surface area contributed by atoms with Crippen LogP contribution in [0.15, 0.2) is 6.07 Å². The van der Waals surface area contributed by atoms with Gasteiger partial charge in [-0.1, -0.05) is 11.8 Å². The predicted octanol–water partition coefficient (Wildman–Crippen LogP) is 3.31. The van der Waals surface area contributed by atoms with Gasteiger partial charge in [-0.05, 0) is 59.4 Å². The molecular formula is C20H30N2O2S. The second-order valence-corrected chi connectivity index (χ2v) is 9.00. The molecule has 0 unspecified atom stereocenters. The van der Waals surface area contributed by atoms with Crippen molar-refractivity contribution < 1.29 is 9.90 Å². The van der Waals surface area contributed by atoms with Gasteiger partial charge in [-0.25, -0.2) is 0 Å². The Morgan fingerprint density at radius 1 is 1.36 bits per heavy atom. The van der Waals surface area contributed by atoms with Gasteiger partial charge in [0, 0.05) is 28.9 Å². The molecule has 0 aromatic carbocycles. The van der Waals surface area contributed by atoms with Crippen LogP contribution in [0.5, 0.6) is 0 Å². The summed E-state index contributed by atoms with van der Waals surface area (Å²) in [4.78, 5) is 15.8. The van der Waals surface area contributed by atoms with Crippen molar-refractivity contribution >= 4 is 23.4 Å². The molecule has 2 N–H and O–H groups in total. The Kier molecular flexibility index (Phi) is 7.06. The Bertz CT molecular complexity index is 628. The number of aliphatic hydroxyl groups is 1. The highest BCUT2D eigenvalue weighted by molar-refractivity contribution is 7.13. The molecule has 1 heterocycles. The largest absolute Gasteiger partial charge is 0.395 e. The maximum Gasteiger partial charge on any atom is 0.214 e. The van der Waals surface area contributed by atoms with Crippen molar-refractivity contribution in [1.29, 1.82) is 0 Å². The summed E-state index contributed by atoms with van der Waals surface area (Å²) < 4.78 is 0. The van der Waals surface area contributed by atoms with Gasteiger partial charge in [0.15, 0.2) is 0 Å². The number of aryl methyl sites for hydroxylation is 1. The molecule has 138 valence electrons. The summed E-state index contributed by atoms with van der Waals surface area (Å²) in [5, 5.41) is 12.3. The van der Waals surface area contributed by atoms with Crippen LogP contribution in [0.4, 0.5) is 5.69 Å². The number of rotatable bonds is 6. The van der Waals surface area contributed by atoms with Crippen LogP contribution in [0.2, 0.25) is 0 Å². The lowest BCUT2D eigenvalue weighted by molar-refractivity contribution is -0.108. The van der Waals surface area contributed by atoms with Crippen molar-refractivity contribution in [2.45, 2.75) is 65.5 Å². The fourth-order valence-electron chi connectivity index (χ4n) is 3.21. The van der Waals surface area contributed by atoms with Gasteiger partial charge in [0.1, 0.15) is 0 Å². The summed E-state index contributed by atoms with van der Waals surface area (Å²) in [6.07, 6.45) is 5.02. The van der Waals surface area contributed by atoms with Gasteiger partial charge in [-0.15, -0.1) is 11.3 Å². The minimum Gasteiger partial charge on any atom is -0.395 e. The first kappa shape index (κ1) is 20.0. The van der Waals surface area contributed by atoms with E-state index < -0.39 is 0 Å². The van der Waals surface area contributed by atoms with Crippen LogP contribution in [-0.2, 0) is 4.79 Å². The molecule has 1 aliphatic carbocycles. The van der Waals surface area contributed by atoms with Crippen molar-refractivity contribution in [3.63, 3.8) is 0 Å². The molecule has 1 fully saturated rings. The van der Waals surface area contributed by atoms with Gasteiger partial charge in [-0.3, -0.25) is 4.79 Å². The van der Waals surface area contributed by atoms with Crippen molar-refractivity contribution in [2.24, 2.45) is 5.41 Å². The zero-order chi connectivity index (χ0) is 18.4. The summed E-state index contributed by atoms with van der Waals surface area (Å²) in [6, 6.07) is 2.76. The molecule has 25 heavy (non-hydrogen) atoms. The molecule has 2 rings (SSSR count). The maximum absolute atomic E-state index is 11.8. The number of hydrogen-bond donors (Lipinski definition) is 2. The standard InChI is InChI=1S/C20H30N2O2S/c1-15-19(13-18(25-15)9-10-20(2,3)4)22(14-24)17-7-5-16(6-8-17)21-11-12-23/h13-14,16-17,21,23H,5-8,11-12H2,1-4H3.